The van der Waals surface area contributed by atoms with Gasteiger partial charge in [0.25, 0.3) is 0 Å². The molecule has 122 valence electrons. The molecule has 0 heterocycles. The normalized spacial score (nSPS) is 16.2. The summed E-state index contributed by atoms with van der Waals surface area (Å²) >= 11 is 0. The van der Waals surface area contributed by atoms with Crippen molar-refractivity contribution in [2.24, 2.45) is 0 Å². The van der Waals surface area contributed by atoms with Crippen molar-refractivity contribution in [2.75, 3.05) is 19.8 Å². The molecule has 0 rings (SSSR count). The lowest BCUT2D eigenvalue weighted by molar-refractivity contribution is -0.255. The van der Waals surface area contributed by atoms with Crippen molar-refractivity contribution in [3.05, 3.63) is 0 Å². The van der Waals surface area contributed by atoms with E-state index in [0.717, 1.165) is 6.92 Å². The molecule has 0 saturated carbocycles. The maximum Gasteiger partial charge on any atom is 0.500 e. The van der Waals surface area contributed by atoms with E-state index in [2.05, 4.69) is 0 Å². The third-order valence-electron chi connectivity index (χ3n) is 2.85. The molecule has 8 heteroatoms. The first-order valence-corrected chi connectivity index (χ1v) is 8.78. The van der Waals surface area contributed by atoms with Crippen molar-refractivity contribution in [1.29, 1.82) is 0 Å². The largest absolute Gasteiger partial charge is 0.500 e. The van der Waals surface area contributed by atoms with Gasteiger partial charge in [-0.3, -0.25) is 0 Å². The number of hydrogen-bond acceptors (Lipinski definition) is 4. The molecule has 0 aromatic rings. The Labute approximate surface area is 119 Å². The van der Waals surface area contributed by atoms with E-state index in [9.17, 15) is 18.3 Å². The van der Waals surface area contributed by atoms with E-state index in [4.69, 9.17) is 13.3 Å². The van der Waals surface area contributed by atoms with Crippen LogP contribution in [0.1, 0.15) is 40.5 Å². The summed E-state index contributed by atoms with van der Waals surface area (Å²) in [5, 5.41) is 9.41. The monoisotopic (exact) mass is 318 g/mol. The summed E-state index contributed by atoms with van der Waals surface area (Å²) < 4.78 is 54.3. The Kier molecular flexibility index (Phi) is 8.26. The topological polar surface area (TPSA) is 47.9 Å². The van der Waals surface area contributed by atoms with Crippen molar-refractivity contribution in [2.45, 2.75) is 58.4 Å². The molecule has 1 N–H and O–H groups in total. The maximum absolute atomic E-state index is 12.6. The van der Waals surface area contributed by atoms with Crippen LogP contribution in [0.4, 0.5) is 13.2 Å². The lowest BCUT2D eigenvalue weighted by atomic mass is 10.0. The van der Waals surface area contributed by atoms with Crippen LogP contribution in [-0.4, -0.2) is 45.5 Å². The quantitative estimate of drug-likeness (QED) is 0.629. The summed E-state index contributed by atoms with van der Waals surface area (Å²) in [7, 11) is -2.93. The fraction of sp³-hybridized carbons (Fsp3) is 1.00. The Balaban J connectivity index is 4.60. The minimum atomic E-state index is -4.64. The van der Waals surface area contributed by atoms with Crippen LogP contribution >= 0.6 is 0 Å². The van der Waals surface area contributed by atoms with Gasteiger partial charge in [0.15, 0.2) is 5.60 Å². The van der Waals surface area contributed by atoms with Gasteiger partial charge < -0.3 is 18.4 Å². The highest BCUT2D eigenvalue weighted by Gasteiger charge is 2.50. The van der Waals surface area contributed by atoms with Gasteiger partial charge in [-0.15, -0.1) is 0 Å². The molecule has 0 aromatic heterocycles. The van der Waals surface area contributed by atoms with Crippen LogP contribution in [0.15, 0.2) is 0 Å². The van der Waals surface area contributed by atoms with E-state index in [1.54, 1.807) is 20.8 Å². The second kappa shape index (κ2) is 8.33. The molecule has 0 spiro atoms. The Morgan fingerprint density at radius 3 is 1.65 bits per heavy atom. The van der Waals surface area contributed by atoms with E-state index >= 15 is 0 Å². The smallest absolute Gasteiger partial charge is 0.381 e. The lowest BCUT2D eigenvalue weighted by Crippen LogP contribution is -2.47. The van der Waals surface area contributed by atoms with Gasteiger partial charge in [0.2, 0.25) is 0 Å². The highest BCUT2D eigenvalue weighted by molar-refractivity contribution is 6.60. The summed E-state index contributed by atoms with van der Waals surface area (Å²) in [6.07, 6.45) is -4.92. The van der Waals surface area contributed by atoms with Crippen LogP contribution in [0.5, 0.6) is 0 Å². The van der Waals surface area contributed by atoms with Crippen LogP contribution in [0.2, 0.25) is 6.04 Å². The summed E-state index contributed by atoms with van der Waals surface area (Å²) in [5.41, 5.74) is -2.70. The van der Waals surface area contributed by atoms with Gasteiger partial charge in [-0.25, -0.2) is 0 Å². The van der Waals surface area contributed by atoms with E-state index in [-0.39, 0.29) is 12.5 Å². The van der Waals surface area contributed by atoms with Gasteiger partial charge in [0.05, 0.1) is 0 Å². The maximum atomic E-state index is 12.6. The lowest BCUT2D eigenvalue weighted by Gasteiger charge is -2.30. The SMILES string of the molecule is CCO[Si](CCCC(C)(O)C(F)(F)F)(OCC)OCC. The molecule has 0 saturated heterocycles. The number of halogens is 3. The molecule has 0 fully saturated rings. The van der Waals surface area contributed by atoms with Gasteiger partial charge in [-0.1, -0.05) is 0 Å². The number of alkyl halides is 3. The molecule has 0 aliphatic rings. The van der Waals surface area contributed by atoms with Crippen LogP contribution in [0.25, 0.3) is 0 Å². The summed E-state index contributed by atoms with van der Waals surface area (Å²) in [6, 6.07) is 0.259. The summed E-state index contributed by atoms with van der Waals surface area (Å²) in [5.74, 6) is 0. The number of hydrogen-bond donors (Lipinski definition) is 1. The average molecular weight is 318 g/mol. The first-order valence-electron chi connectivity index (χ1n) is 6.85. The zero-order valence-corrected chi connectivity index (χ0v) is 13.5. The predicted octanol–water partition coefficient (Wildman–Crippen LogP) is 3.13. The Bertz CT molecular complexity index is 255. The first kappa shape index (κ1) is 19.8. The second-order valence-electron chi connectivity index (χ2n) is 4.61. The van der Waals surface area contributed by atoms with E-state index in [1.807, 2.05) is 0 Å². The fourth-order valence-electron chi connectivity index (χ4n) is 1.79. The van der Waals surface area contributed by atoms with Gasteiger partial charge >= 0.3 is 15.0 Å². The molecule has 0 aliphatic carbocycles. The highest BCUT2D eigenvalue weighted by Crippen LogP contribution is 2.34. The molecule has 0 radical (unpaired) electrons. The van der Waals surface area contributed by atoms with Crippen molar-refractivity contribution in [3.8, 4) is 0 Å². The standard InChI is InChI=1S/C12H25F3O4Si/c1-5-17-20(18-6-2,19-7-3)10-8-9-11(4,16)12(13,14)15/h16H,5-10H2,1-4H3. The molecule has 4 nitrogen and oxygen atoms in total. The zero-order chi connectivity index (χ0) is 15.9. The van der Waals surface area contributed by atoms with Crippen LogP contribution < -0.4 is 0 Å². The zero-order valence-electron chi connectivity index (χ0n) is 12.5. The second-order valence-corrected chi connectivity index (χ2v) is 7.34. The van der Waals surface area contributed by atoms with Gasteiger partial charge in [-0.05, 0) is 40.5 Å². The third-order valence-corrected chi connectivity index (χ3v) is 6.00. The number of aliphatic hydroxyl groups is 1. The first-order chi connectivity index (χ1) is 9.14. The van der Waals surface area contributed by atoms with Gasteiger partial charge in [-0.2, -0.15) is 13.2 Å². The minimum absolute atomic E-state index is 0.124. The van der Waals surface area contributed by atoms with Gasteiger partial charge in [0, 0.05) is 25.9 Å². The molecule has 0 aliphatic heterocycles. The molecule has 1 atom stereocenters. The molecule has 0 bridgehead atoms. The Morgan fingerprint density at radius 1 is 0.950 bits per heavy atom. The molecule has 1 unspecified atom stereocenters. The highest BCUT2D eigenvalue weighted by atomic mass is 28.4. The third kappa shape index (κ3) is 6.09. The predicted molar refractivity (Wildman–Crippen MR) is 71.4 cm³/mol. The molecular weight excluding hydrogens is 293 g/mol. The van der Waals surface area contributed by atoms with Crippen molar-refractivity contribution in [3.63, 3.8) is 0 Å². The Morgan fingerprint density at radius 2 is 1.35 bits per heavy atom. The molecule has 20 heavy (non-hydrogen) atoms. The van der Waals surface area contributed by atoms with Gasteiger partial charge in [0.1, 0.15) is 0 Å². The Hall–Kier alpha value is -0.153. The summed E-state index contributed by atoms with van der Waals surface area (Å²) in [4.78, 5) is 0. The van der Waals surface area contributed by atoms with Crippen molar-refractivity contribution in [1.82, 2.24) is 0 Å². The molecule has 0 amide bonds. The van der Waals surface area contributed by atoms with E-state index < -0.39 is 27.0 Å². The fourth-order valence-corrected chi connectivity index (χ4v) is 4.40. The van der Waals surface area contributed by atoms with Crippen LogP contribution in [0.3, 0.4) is 0 Å². The van der Waals surface area contributed by atoms with E-state index in [1.165, 1.54) is 0 Å². The minimum Gasteiger partial charge on any atom is -0.381 e. The van der Waals surface area contributed by atoms with Crippen molar-refractivity contribution >= 4 is 8.80 Å². The average Bonchev–Trinajstić information content (AvgIpc) is 2.28. The number of rotatable bonds is 10. The van der Waals surface area contributed by atoms with E-state index in [0.29, 0.717) is 19.8 Å². The van der Waals surface area contributed by atoms with Crippen LogP contribution in [-0.2, 0) is 13.3 Å². The van der Waals surface area contributed by atoms with Crippen molar-refractivity contribution < 1.29 is 31.6 Å². The molecular formula is C12H25F3O4Si. The van der Waals surface area contributed by atoms with Crippen LogP contribution in [0, 0.1) is 0 Å². The summed E-state index contributed by atoms with van der Waals surface area (Å²) in [6.45, 7) is 7.26. The molecule has 0 aromatic carbocycles.